The van der Waals surface area contributed by atoms with Crippen LogP contribution < -0.4 is 0 Å². The van der Waals surface area contributed by atoms with Gasteiger partial charge in [0.15, 0.2) is 0 Å². The fraction of sp³-hybridized carbons (Fsp3) is 0.480. The molecule has 2 saturated heterocycles. The zero-order chi connectivity index (χ0) is 26.4. The summed E-state index contributed by atoms with van der Waals surface area (Å²) in [6.45, 7) is 5.29. The molecular formula is C25H27ClFN3O6. The topological polar surface area (TPSA) is 104 Å². The third kappa shape index (κ3) is 4.38. The molecule has 36 heavy (non-hydrogen) atoms. The first-order valence-corrected chi connectivity index (χ1v) is 12.1. The van der Waals surface area contributed by atoms with Crippen molar-refractivity contribution in [3.05, 3.63) is 46.0 Å². The van der Waals surface area contributed by atoms with Crippen LogP contribution in [0.15, 0.2) is 29.6 Å². The van der Waals surface area contributed by atoms with Crippen LogP contribution >= 0.6 is 11.6 Å². The van der Waals surface area contributed by atoms with Gasteiger partial charge in [0.05, 0.1) is 11.6 Å². The Morgan fingerprint density at radius 2 is 1.92 bits per heavy atom. The number of hydrogen-bond acceptors (Lipinski definition) is 6. The zero-order valence-electron chi connectivity index (χ0n) is 20.3. The minimum atomic E-state index is -1.31. The molecule has 1 aromatic rings. The molecule has 0 saturated carbocycles. The van der Waals surface area contributed by atoms with Gasteiger partial charge in [0, 0.05) is 26.6 Å². The number of carbonyl (C=O) groups excluding carboxylic acids is 5. The van der Waals surface area contributed by atoms with E-state index in [1.807, 2.05) is 0 Å². The first kappa shape index (κ1) is 25.8. The second-order valence-electron chi connectivity index (χ2n) is 9.61. The summed E-state index contributed by atoms with van der Waals surface area (Å²) in [5, 5.41) is -0.0737. The van der Waals surface area contributed by atoms with E-state index in [0.29, 0.717) is 36.2 Å². The van der Waals surface area contributed by atoms with E-state index in [-0.39, 0.29) is 37.2 Å². The summed E-state index contributed by atoms with van der Waals surface area (Å²) in [4.78, 5) is 68.2. The van der Waals surface area contributed by atoms with E-state index in [2.05, 4.69) is 0 Å². The van der Waals surface area contributed by atoms with Crippen LogP contribution in [-0.2, 0) is 35.3 Å². The Morgan fingerprint density at radius 1 is 1.19 bits per heavy atom. The highest BCUT2D eigenvalue weighted by Gasteiger charge is 2.59. The molecule has 11 heteroatoms. The number of nitrogens with zero attached hydrogens (tertiary/aromatic N) is 3. The van der Waals surface area contributed by atoms with Gasteiger partial charge in [0.2, 0.25) is 11.7 Å². The molecule has 0 spiro atoms. The van der Waals surface area contributed by atoms with Crippen molar-refractivity contribution < 1.29 is 33.1 Å². The van der Waals surface area contributed by atoms with E-state index in [4.69, 9.17) is 16.3 Å². The smallest absolute Gasteiger partial charge is 0.302 e. The lowest BCUT2D eigenvalue weighted by Crippen LogP contribution is -2.57. The van der Waals surface area contributed by atoms with Gasteiger partial charge in [0.1, 0.15) is 23.1 Å². The Balaban J connectivity index is 1.62. The number of amides is 3. The number of unbranched alkanes of at least 4 members (excludes halogenated alkanes) is 1. The van der Waals surface area contributed by atoms with Crippen molar-refractivity contribution in [2.24, 2.45) is 5.92 Å². The fourth-order valence-corrected chi connectivity index (χ4v) is 5.17. The molecule has 9 nitrogen and oxygen atoms in total. The van der Waals surface area contributed by atoms with Crippen molar-refractivity contribution in [2.75, 3.05) is 19.7 Å². The van der Waals surface area contributed by atoms with Gasteiger partial charge in [-0.2, -0.15) is 0 Å². The first-order valence-electron chi connectivity index (χ1n) is 11.7. The largest absolute Gasteiger partial charge is 0.466 e. The molecule has 0 aromatic heterocycles. The highest BCUT2D eigenvalue weighted by molar-refractivity contribution is 6.43. The summed E-state index contributed by atoms with van der Waals surface area (Å²) in [5.41, 5.74) is -0.230. The number of halogens is 2. The average Bonchev–Trinajstić information content (AvgIpc) is 3.01. The Hall–Kier alpha value is -3.27. The molecule has 4 rings (SSSR count). The maximum atomic E-state index is 13.5. The lowest BCUT2D eigenvalue weighted by Gasteiger charge is -2.41. The van der Waals surface area contributed by atoms with Gasteiger partial charge in [-0.15, -0.1) is 0 Å². The molecule has 0 aliphatic carbocycles. The summed E-state index contributed by atoms with van der Waals surface area (Å²) in [5.74, 6) is -4.59. The van der Waals surface area contributed by atoms with Crippen LogP contribution in [-0.4, -0.2) is 69.4 Å². The number of rotatable bonds is 7. The Labute approximate surface area is 212 Å². The van der Waals surface area contributed by atoms with E-state index in [1.165, 1.54) is 39.8 Å². The molecule has 3 amide bonds. The number of likely N-dealkylation sites (tertiary alicyclic amines) is 1. The molecule has 3 aliphatic rings. The maximum absolute atomic E-state index is 13.5. The van der Waals surface area contributed by atoms with E-state index in [9.17, 15) is 28.4 Å². The van der Waals surface area contributed by atoms with Crippen LogP contribution in [0.4, 0.5) is 4.39 Å². The van der Waals surface area contributed by atoms with Gasteiger partial charge in [-0.05, 0) is 56.4 Å². The maximum Gasteiger partial charge on any atom is 0.302 e. The van der Waals surface area contributed by atoms with Gasteiger partial charge in [-0.1, -0.05) is 17.7 Å². The number of benzene rings is 1. The van der Waals surface area contributed by atoms with Gasteiger partial charge in [-0.25, -0.2) is 4.39 Å². The van der Waals surface area contributed by atoms with Crippen LogP contribution in [0.25, 0.3) is 0 Å². The fourth-order valence-electron chi connectivity index (χ4n) is 4.97. The summed E-state index contributed by atoms with van der Waals surface area (Å²) in [6, 6.07) is 4.13. The Bertz CT molecular complexity index is 1200. The monoisotopic (exact) mass is 519 g/mol. The number of hydrogen-bond donors (Lipinski definition) is 0. The van der Waals surface area contributed by atoms with Crippen LogP contribution in [0, 0.1) is 11.7 Å². The summed E-state index contributed by atoms with van der Waals surface area (Å²) < 4.78 is 18.5. The van der Waals surface area contributed by atoms with Crippen molar-refractivity contribution in [2.45, 2.75) is 52.1 Å². The average molecular weight is 520 g/mol. The number of ether oxygens (including phenoxy) is 1. The predicted molar refractivity (Wildman–Crippen MR) is 125 cm³/mol. The molecule has 192 valence electrons. The molecular weight excluding hydrogens is 493 g/mol. The number of Topliss-reactive ketones (excluding diaryl/α,β-unsaturated/α-hetero) is 1. The van der Waals surface area contributed by atoms with Crippen LogP contribution in [0.2, 0.25) is 5.02 Å². The normalized spacial score (nSPS) is 21.2. The minimum absolute atomic E-state index is 0.0737. The van der Waals surface area contributed by atoms with Gasteiger partial charge >= 0.3 is 5.97 Å². The summed E-state index contributed by atoms with van der Waals surface area (Å²) in [6.07, 6.45) is 1.30. The second-order valence-corrected chi connectivity index (χ2v) is 10.0. The van der Waals surface area contributed by atoms with Crippen LogP contribution in [0.3, 0.4) is 0 Å². The van der Waals surface area contributed by atoms with E-state index in [1.54, 1.807) is 13.8 Å². The molecule has 1 atom stereocenters. The Kier molecular flexibility index (Phi) is 6.92. The van der Waals surface area contributed by atoms with Gasteiger partial charge < -0.3 is 9.64 Å². The van der Waals surface area contributed by atoms with Crippen LogP contribution in [0.1, 0.15) is 45.6 Å². The number of piperidine rings is 1. The minimum Gasteiger partial charge on any atom is -0.466 e. The molecule has 2 fully saturated rings. The SMILES string of the molecule is CC(=O)OCCCCN1C(=O)C(C)(C)N2C(=O)C(=O)C3C(=O)N(Cc4ccc(F)c(Cl)c4)CCC3=C12. The highest BCUT2D eigenvalue weighted by Crippen LogP contribution is 2.44. The summed E-state index contributed by atoms with van der Waals surface area (Å²) >= 11 is 5.86. The first-order chi connectivity index (χ1) is 16.9. The van der Waals surface area contributed by atoms with E-state index < -0.39 is 40.8 Å². The lowest BCUT2D eigenvalue weighted by molar-refractivity contribution is -0.154. The van der Waals surface area contributed by atoms with Crippen molar-refractivity contribution in [3.8, 4) is 0 Å². The second kappa shape index (κ2) is 9.65. The van der Waals surface area contributed by atoms with Crippen LogP contribution in [0.5, 0.6) is 0 Å². The standard InChI is InChI=1S/C25H27ClFN3O6/c1-14(31)36-11-5-4-9-29-21-16-8-10-28(13-15-6-7-18(27)17(26)12-15)22(33)19(16)20(32)23(34)30(21)25(2,3)24(29)35/h6-7,12,19H,4-5,8-11,13H2,1-3H3. The number of esters is 1. The van der Waals surface area contributed by atoms with E-state index >= 15 is 0 Å². The quantitative estimate of drug-likeness (QED) is 0.237. The molecule has 1 aromatic carbocycles. The molecule has 3 aliphatic heterocycles. The Morgan fingerprint density at radius 3 is 2.58 bits per heavy atom. The number of fused-ring (bicyclic) bond motifs is 2. The molecule has 3 heterocycles. The van der Waals surface area contributed by atoms with Gasteiger partial charge in [0.25, 0.3) is 11.8 Å². The molecule has 0 bridgehead atoms. The van der Waals surface area contributed by atoms with Crippen molar-refractivity contribution in [1.29, 1.82) is 0 Å². The summed E-state index contributed by atoms with van der Waals surface area (Å²) in [7, 11) is 0. The lowest BCUT2D eigenvalue weighted by atomic mass is 9.83. The highest BCUT2D eigenvalue weighted by atomic mass is 35.5. The molecule has 0 N–H and O–H groups in total. The van der Waals surface area contributed by atoms with Gasteiger partial charge in [-0.3, -0.25) is 33.8 Å². The molecule has 1 unspecified atom stereocenters. The van der Waals surface area contributed by atoms with E-state index in [0.717, 1.165) is 0 Å². The predicted octanol–water partition coefficient (Wildman–Crippen LogP) is 2.41. The third-order valence-electron chi connectivity index (χ3n) is 6.76. The van der Waals surface area contributed by atoms with Crippen molar-refractivity contribution in [3.63, 3.8) is 0 Å². The van der Waals surface area contributed by atoms with Crippen molar-refractivity contribution in [1.82, 2.24) is 14.7 Å². The van der Waals surface area contributed by atoms with Crippen molar-refractivity contribution >= 4 is 41.1 Å². The zero-order valence-corrected chi connectivity index (χ0v) is 21.1. The molecule has 0 radical (unpaired) electrons. The number of ketones is 1. The third-order valence-corrected chi connectivity index (χ3v) is 7.04. The number of carbonyl (C=O) groups is 5.